The van der Waals surface area contributed by atoms with E-state index in [-0.39, 0.29) is 5.54 Å². The van der Waals surface area contributed by atoms with Crippen LogP contribution in [0.25, 0.3) is 0 Å². The molecule has 4 rings (SSSR count). The van der Waals surface area contributed by atoms with Gasteiger partial charge in [0.1, 0.15) is 0 Å². The van der Waals surface area contributed by atoms with Crippen LogP contribution in [0.15, 0.2) is 18.2 Å². The summed E-state index contributed by atoms with van der Waals surface area (Å²) in [5, 5.41) is 3.59. The molecule has 0 saturated heterocycles. The Bertz CT molecular complexity index is 546. The number of rotatable bonds is 3. The molecule has 2 aliphatic carbocycles. The minimum absolute atomic E-state index is 0.0554. The van der Waals surface area contributed by atoms with Gasteiger partial charge in [0.15, 0.2) is 11.5 Å². The van der Waals surface area contributed by atoms with Crippen molar-refractivity contribution in [3.63, 3.8) is 0 Å². The van der Waals surface area contributed by atoms with Gasteiger partial charge in [-0.05, 0) is 49.7 Å². The highest BCUT2D eigenvalue weighted by atomic mass is 16.7. The van der Waals surface area contributed by atoms with Gasteiger partial charge in [0.25, 0.3) is 0 Å². The Kier molecular flexibility index (Phi) is 3.65. The molecule has 3 atom stereocenters. The van der Waals surface area contributed by atoms with Crippen molar-refractivity contribution < 1.29 is 9.47 Å². The highest BCUT2D eigenvalue weighted by Crippen LogP contribution is 2.45. The van der Waals surface area contributed by atoms with Crippen LogP contribution in [0.4, 0.5) is 5.69 Å². The Morgan fingerprint density at radius 1 is 1.09 bits per heavy atom. The number of hydrogen-bond donors (Lipinski definition) is 2. The fourth-order valence-corrected chi connectivity index (χ4v) is 4.66. The first-order valence-corrected chi connectivity index (χ1v) is 8.68. The lowest BCUT2D eigenvalue weighted by atomic mass is 9.60. The minimum Gasteiger partial charge on any atom is -0.454 e. The molecule has 1 heterocycles. The number of benzene rings is 1. The zero-order valence-electron chi connectivity index (χ0n) is 13.1. The summed E-state index contributed by atoms with van der Waals surface area (Å²) < 4.78 is 10.8. The van der Waals surface area contributed by atoms with Crippen LogP contribution in [-0.4, -0.2) is 18.9 Å². The van der Waals surface area contributed by atoms with E-state index in [0.29, 0.717) is 12.7 Å². The minimum atomic E-state index is 0.0554. The summed E-state index contributed by atoms with van der Waals surface area (Å²) in [7, 11) is 0. The monoisotopic (exact) mass is 302 g/mol. The molecule has 0 aromatic heterocycles. The van der Waals surface area contributed by atoms with Crippen molar-refractivity contribution in [1.82, 2.24) is 0 Å². The molecule has 0 amide bonds. The van der Waals surface area contributed by atoms with Crippen LogP contribution in [-0.2, 0) is 0 Å². The predicted octanol–water partition coefficient (Wildman–Crippen LogP) is 3.52. The second-order valence-corrected chi connectivity index (χ2v) is 7.13. The van der Waals surface area contributed by atoms with Crippen LogP contribution in [0.2, 0.25) is 0 Å². The molecular weight excluding hydrogens is 276 g/mol. The summed E-state index contributed by atoms with van der Waals surface area (Å²) in [6.07, 6.45) is 9.11. The van der Waals surface area contributed by atoms with Gasteiger partial charge in [-0.3, -0.25) is 0 Å². The van der Waals surface area contributed by atoms with Gasteiger partial charge in [-0.1, -0.05) is 19.3 Å². The Hall–Kier alpha value is -1.42. The van der Waals surface area contributed by atoms with Crippen LogP contribution >= 0.6 is 0 Å². The van der Waals surface area contributed by atoms with Gasteiger partial charge in [0.2, 0.25) is 6.79 Å². The molecule has 3 unspecified atom stereocenters. The van der Waals surface area contributed by atoms with Gasteiger partial charge < -0.3 is 20.5 Å². The average Bonchev–Trinajstić information content (AvgIpc) is 3.00. The van der Waals surface area contributed by atoms with Crippen LogP contribution in [0.1, 0.15) is 44.9 Å². The highest BCUT2D eigenvalue weighted by molar-refractivity contribution is 5.55. The number of hydrogen-bond acceptors (Lipinski definition) is 4. The van der Waals surface area contributed by atoms with Gasteiger partial charge >= 0.3 is 0 Å². The molecular formula is C18H26N2O2. The molecule has 2 fully saturated rings. The van der Waals surface area contributed by atoms with Gasteiger partial charge in [-0.25, -0.2) is 0 Å². The summed E-state index contributed by atoms with van der Waals surface area (Å²) in [5.74, 6) is 2.99. The van der Waals surface area contributed by atoms with Crippen LogP contribution in [0.3, 0.4) is 0 Å². The van der Waals surface area contributed by atoms with Gasteiger partial charge in [0.05, 0.1) is 0 Å². The lowest BCUT2D eigenvalue weighted by Crippen LogP contribution is -2.58. The number of nitrogens with two attached hydrogens (primary N) is 1. The van der Waals surface area contributed by atoms with E-state index in [2.05, 4.69) is 11.4 Å². The van der Waals surface area contributed by atoms with Gasteiger partial charge in [-0.15, -0.1) is 0 Å². The molecule has 2 saturated carbocycles. The van der Waals surface area contributed by atoms with E-state index in [1.54, 1.807) is 0 Å². The van der Waals surface area contributed by atoms with Gasteiger partial charge in [0, 0.05) is 23.8 Å². The number of fused-ring (bicyclic) bond motifs is 2. The SMILES string of the molecule is NC12CCCCC1CCCC2CNc1ccc2c(c1)OCO2. The fourth-order valence-electron chi connectivity index (χ4n) is 4.66. The van der Waals surface area contributed by atoms with Crippen molar-refractivity contribution in [1.29, 1.82) is 0 Å². The van der Waals surface area contributed by atoms with E-state index < -0.39 is 0 Å². The Balaban J connectivity index is 1.44. The molecule has 22 heavy (non-hydrogen) atoms. The van der Waals surface area contributed by atoms with Crippen molar-refractivity contribution in [3.05, 3.63) is 18.2 Å². The van der Waals surface area contributed by atoms with E-state index in [1.165, 1.54) is 44.9 Å². The Morgan fingerprint density at radius 3 is 2.91 bits per heavy atom. The maximum absolute atomic E-state index is 6.88. The summed E-state index contributed by atoms with van der Waals surface area (Å²) in [5.41, 5.74) is 8.04. The molecule has 4 nitrogen and oxygen atoms in total. The first-order chi connectivity index (χ1) is 10.8. The molecule has 0 bridgehead atoms. The van der Waals surface area contributed by atoms with Gasteiger partial charge in [-0.2, -0.15) is 0 Å². The molecule has 1 aliphatic heterocycles. The molecule has 0 spiro atoms. The van der Waals surface area contributed by atoms with Crippen molar-refractivity contribution in [2.45, 2.75) is 50.5 Å². The zero-order valence-corrected chi connectivity index (χ0v) is 13.1. The zero-order chi connectivity index (χ0) is 15.0. The second kappa shape index (κ2) is 5.65. The standard InChI is InChI=1S/C18H26N2O2/c19-18-9-2-1-4-13(18)5-3-6-14(18)11-20-15-7-8-16-17(10-15)22-12-21-16/h7-8,10,13-14,20H,1-6,9,11-12,19H2. The maximum Gasteiger partial charge on any atom is 0.231 e. The lowest BCUT2D eigenvalue weighted by molar-refractivity contribution is 0.0735. The molecule has 3 N–H and O–H groups in total. The second-order valence-electron chi connectivity index (χ2n) is 7.13. The average molecular weight is 302 g/mol. The van der Waals surface area contributed by atoms with Crippen LogP contribution in [0.5, 0.6) is 11.5 Å². The van der Waals surface area contributed by atoms with E-state index in [1.807, 2.05) is 12.1 Å². The van der Waals surface area contributed by atoms with Crippen molar-refractivity contribution in [2.24, 2.45) is 17.6 Å². The molecule has 3 aliphatic rings. The summed E-state index contributed by atoms with van der Waals surface area (Å²) in [6, 6.07) is 6.08. The summed E-state index contributed by atoms with van der Waals surface area (Å²) >= 11 is 0. The first kappa shape index (κ1) is 14.2. The largest absolute Gasteiger partial charge is 0.454 e. The van der Waals surface area contributed by atoms with E-state index in [0.717, 1.165) is 29.6 Å². The molecule has 4 heteroatoms. The summed E-state index contributed by atoms with van der Waals surface area (Å²) in [4.78, 5) is 0. The van der Waals surface area contributed by atoms with Crippen molar-refractivity contribution in [2.75, 3.05) is 18.7 Å². The van der Waals surface area contributed by atoms with Crippen LogP contribution in [0, 0.1) is 11.8 Å². The topological polar surface area (TPSA) is 56.5 Å². The smallest absolute Gasteiger partial charge is 0.231 e. The molecule has 120 valence electrons. The summed E-state index contributed by atoms with van der Waals surface area (Å²) in [6.45, 7) is 1.29. The first-order valence-electron chi connectivity index (χ1n) is 8.68. The van der Waals surface area contributed by atoms with Crippen molar-refractivity contribution in [3.8, 4) is 11.5 Å². The molecule has 0 radical (unpaired) electrons. The Labute approximate surface area is 132 Å². The number of ether oxygens (including phenoxy) is 2. The quantitative estimate of drug-likeness (QED) is 0.897. The lowest BCUT2D eigenvalue weighted by Gasteiger charge is -2.50. The maximum atomic E-state index is 6.88. The fraction of sp³-hybridized carbons (Fsp3) is 0.667. The van der Waals surface area contributed by atoms with E-state index in [9.17, 15) is 0 Å². The molecule has 1 aromatic carbocycles. The normalized spacial score (nSPS) is 33.3. The van der Waals surface area contributed by atoms with Crippen LogP contribution < -0.4 is 20.5 Å². The van der Waals surface area contributed by atoms with Crippen molar-refractivity contribution >= 4 is 5.69 Å². The van der Waals surface area contributed by atoms with E-state index >= 15 is 0 Å². The number of anilines is 1. The third kappa shape index (κ3) is 2.43. The number of nitrogens with one attached hydrogen (secondary N) is 1. The third-order valence-electron chi connectivity index (χ3n) is 5.96. The van der Waals surface area contributed by atoms with E-state index in [4.69, 9.17) is 15.2 Å². The third-order valence-corrected chi connectivity index (χ3v) is 5.96. The molecule has 1 aromatic rings. The Morgan fingerprint density at radius 2 is 1.95 bits per heavy atom. The highest BCUT2D eigenvalue weighted by Gasteiger charge is 2.45. The predicted molar refractivity (Wildman–Crippen MR) is 87.3 cm³/mol.